The number of hydrogen-bond acceptors (Lipinski definition) is 4. The molecule has 0 radical (unpaired) electrons. The molecule has 0 aromatic carbocycles. The Morgan fingerprint density at radius 1 is 1.35 bits per heavy atom. The zero-order valence-electron chi connectivity index (χ0n) is 12.4. The summed E-state index contributed by atoms with van der Waals surface area (Å²) < 4.78 is 42.5. The number of aliphatic hydroxyl groups is 1. The summed E-state index contributed by atoms with van der Waals surface area (Å²) in [6.07, 6.45) is -0.930. The number of allylic oxidation sites excluding steroid dienone is 1. The molecule has 0 amide bonds. The van der Waals surface area contributed by atoms with Gasteiger partial charge in [-0.05, 0) is 24.8 Å². The van der Waals surface area contributed by atoms with Crippen LogP contribution in [-0.4, -0.2) is 30.8 Å². The lowest BCUT2D eigenvalue weighted by Gasteiger charge is -2.18. The highest BCUT2D eigenvalue weighted by Crippen LogP contribution is 2.40. The Kier molecular flexibility index (Phi) is 3.67. The maximum atomic E-state index is 13.4. The van der Waals surface area contributed by atoms with E-state index >= 15 is 0 Å². The largest absolute Gasteiger partial charge is 0.435 e. The van der Waals surface area contributed by atoms with Gasteiger partial charge in [-0.1, -0.05) is 6.08 Å². The number of nitrogens with zero attached hydrogens (tertiary/aromatic N) is 4. The van der Waals surface area contributed by atoms with E-state index in [0.717, 1.165) is 4.68 Å². The number of nitrogen functional groups attached to an aromatic ring is 1. The summed E-state index contributed by atoms with van der Waals surface area (Å²) in [5.74, 6) is 0.122. The summed E-state index contributed by atoms with van der Waals surface area (Å²) in [6.45, 7) is 0. The molecular weight excluding hydrogens is 311 g/mol. The zero-order valence-corrected chi connectivity index (χ0v) is 12.4. The number of alkyl halides is 3. The minimum atomic E-state index is -4.62. The summed E-state index contributed by atoms with van der Waals surface area (Å²) in [7, 11) is 1.65. The Hall–Kier alpha value is -2.29. The van der Waals surface area contributed by atoms with Gasteiger partial charge in [-0.3, -0.25) is 4.68 Å². The van der Waals surface area contributed by atoms with Crippen LogP contribution in [0.15, 0.2) is 18.3 Å². The van der Waals surface area contributed by atoms with E-state index in [1.54, 1.807) is 19.3 Å². The average Bonchev–Trinajstić information content (AvgIpc) is 3.03. The van der Waals surface area contributed by atoms with Gasteiger partial charge in [-0.15, -0.1) is 0 Å². The third kappa shape index (κ3) is 2.83. The van der Waals surface area contributed by atoms with Gasteiger partial charge in [0.1, 0.15) is 5.82 Å². The predicted molar refractivity (Wildman–Crippen MR) is 77.6 cm³/mol. The van der Waals surface area contributed by atoms with E-state index in [9.17, 15) is 18.3 Å². The van der Waals surface area contributed by atoms with Gasteiger partial charge in [-0.25, -0.2) is 0 Å². The number of aliphatic hydroxyl groups excluding tert-OH is 1. The topological polar surface area (TPSA) is 81.9 Å². The normalized spacial score (nSPS) is 19.0. The molecule has 1 aliphatic rings. The van der Waals surface area contributed by atoms with E-state index in [4.69, 9.17) is 5.73 Å². The van der Waals surface area contributed by atoms with Crippen molar-refractivity contribution in [2.75, 3.05) is 5.73 Å². The van der Waals surface area contributed by atoms with Crippen LogP contribution in [0.2, 0.25) is 0 Å². The van der Waals surface area contributed by atoms with Gasteiger partial charge >= 0.3 is 6.18 Å². The van der Waals surface area contributed by atoms with Gasteiger partial charge in [0.05, 0.1) is 11.7 Å². The lowest BCUT2D eigenvalue weighted by Crippen LogP contribution is -2.13. The molecule has 1 aliphatic carbocycles. The second-order valence-corrected chi connectivity index (χ2v) is 5.52. The minimum Gasteiger partial charge on any atom is -0.393 e. The lowest BCUT2D eigenvalue weighted by molar-refractivity contribution is -0.141. The fourth-order valence-corrected chi connectivity index (χ4v) is 2.68. The van der Waals surface area contributed by atoms with Crippen LogP contribution in [-0.2, 0) is 13.2 Å². The second-order valence-electron chi connectivity index (χ2n) is 5.52. The molecule has 3 N–H and O–H groups in total. The first kappa shape index (κ1) is 15.6. The molecule has 0 fully saturated rings. The average molecular weight is 327 g/mol. The molecule has 0 bridgehead atoms. The molecule has 2 aromatic heterocycles. The minimum absolute atomic E-state index is 0.0985. The third-order valence-corrected chi connectivity index (χ3v) is 3.81. The molecule has 23 heavy (non-hydrogen) atoms. The van der Waals surface area contributed by atoms with Gasteiger partial charge in [0.25, 0.3) is 0 Å². The van der Waals surface area contributed by atoms with Crippen LogP contribution in [0.25, 0.3) is 11.4 Å². The van der Waals surface area contributed by atoms with E-state index in [1.807, 2.05) is 0 Å². The highest BCUT2D eigenvalue weighted by atomic mass is 19.4. The molecule has 124 valence electrons. The molecular formula is C14H16F3N5O. The van der Waals surface area contributed by atoms with Crippen molar-refractivity contribution in [2.45, 2.75) is 31.5 Å². The van der Waals surface area contributed by atoms with Gasteiger partial charge < -0.3 is 10.8 Å². The van der Waals surface area contributed by atoms with E-state index < -0.39 is 18.0 Å². The standard InChI is InChI=1S/C14H16F3N5O/c1-21-7-6-10(19-21)22-13(18)11(12(20-22)14(15,16)17)8-2-4-9(23)5-3-8/h2,6-7,9,23H,3-5,18H2,1H3. The highest BCUT2D eigenvalue weighted by molar-refractivity contribution is 5.77. The summed E-state index contributed by atoms with van der Waals surface area (Å²) >= 11 is 0. The Morgan fingerprint density at radius 3 is 2.61 bits per heavy atom. The first-order chi connectivity index (χ1) is 10.8. The Morgan fingerprint density at radius 2 is 2.09 bits per heavy atom. The second kappa shape index (κ2) is 5.41. The van der Waals surface area contributed by atoms with Crippen LogP contribution >= 0.6 is 0 Å². The van der Waals surface area contributed by atoms with Crippen LogP contribution in [0.1, 0.15) is 30.5 Å². The summed E-state index contributed by atoms with van der Waals surface area (Å²) in [6, 6.07) is 1.53. The van der Waals surface area contributed by atoms with Crippen molar-refractivity contribution in [3.63, 3.8) is 0 Å². The van der Waals surface area contributed by atoms with Gasteiger partial charge in [-0.2, -0.15) is 28.1 Å². The number of nitrogens with two attached hydrogens (primary N) is 1. The van der Waals surface area contributed by atoms with Gasteiger partial charge in [0.2, 0.25) is 0 Å². The molecule has 6 nitrogen and oxygen atoms in total. The summed E-state index contributed by atoms with van der Waals surface area (Å²) in [5.41, 5.74) is 5.28. The molecule has 3 rings (SSSR count). The zero-order chi connectivity index (χ0) is 16.8. The molecule has 1 atom stereocenters. The predicted octanol–water partition coefficient (Wildman–Crippen LogP) is 2.13. The quantitative estimate of drug-likeness (QED) is 0.885. The maximum Gasteiger partial charge on any atom is 0.435 e. The van der Waals surface area contributed by atoms with Crippen LogP contribution in [0, 0.1) is 0 Å². The smallest absolute Gasteiger partial charge is 0.393 e. The van der Waals surface area contributed by atoms with Crippen molar-refractivity contribution in [1.29, 1.82) is 0 Å². The third-order valence-electron chi connectivity index (χ3n) is 3.81. The van der Waals surface area contributed by atoms with Crippen molar-refractivity contribution < 1.29 is 18.3 Å². The van der Waals surface area contributed by atoms with Crippen molar-refractivity contribution in [3.05, 3.63) is 29.6 Å². The number of halogens is 3. The Bertz CT molecular complexity index is 759. The van der Waals surface area contributed by atoms with E-state index in [-0.39, 0.29) is 17.2 Å². The van der Waals surface area contributed by atoms with Crippen LogP contribution < -0.4 is 5.73 Å². The summed E-state index contributed by atoms with van der Waals surface area (Å²) in [4.78, 5) is 0. The Labute approximate surface area is 130 Å². The number of hydrogen-bond donors (Lipinski definition) is 2. The monoisotopic (exact) mass is 327 g/mol. The molecule has 9 heteroatoms. The molecule has 0 aliphatic heterocycles. The number of aromatic nitrogens is 4. The molecule has 0 saturated carbocycles. The molecule has 2 aromatic rings. The highest BCUT2D eigenvalue weighted by Gasteiger charge is 2.40. The Balaban J connectivity index is 2.15. The van der Waals surface area contributed by atoms with Crippen molar-refractivity contribution in [2.24, 2.45) is 7.05 Å². The number of anilines is 1. The van der Waals surface area contributed by atoms with Gasteiger partial charge in [0, 0.05) is 19.3 Å². The van der Waals surface area contributed by atoms with Crippen LogP contribution in [0.3, 0.4) is 0 Å². The fourth-order valence-electron chi connectivity index (χ4n) is 2.68. The molecule has 0 saturated heterocycles. The van der Waals surface area contributed by atoms with Crippen molar-refractivity contribution >= 4 is 11.4 Å². The molecule has 0 spiro atoms. The number of rotatable bonds is 2. The molecule has 1 unspecified atom stereocenters. The lowest BCUT2D eigenvalue weighted by atomic mass is 9.91. The first-order valence-electron chi connectivity index (χ1n) is 7.10. The molecule has 2 heterocycles. The fraction of sp³-hybridized carbons (Fsp3) is 0.429. The van der Waals surface area contributed by atoms with Crippen LogP contribution in [0.4, 0.5) is 19.0 Å². The number of aryl methyl sites for hydroxylation is 1. The van der Waals surface area contributed by atoms with Gasteiger partial charge in [0.15, 0.2) is 11.5 Å². The van der Waals surface area contributed by atoms with Crippen molar-refractivity contribution in [3.8, 4) is 5.82 Å². The van der Waals surface area contributed by atoms with E-state index in [0.29, 0.717) is 24.8 Å². The first-order valence-corrected chi connectivity index (χ1v) is 7.10. The van der Waals surface area contributed by atoms with E-state index in [1.165, 1.54) is 10.7 Å². The summed E-state index contributed by atoms with van der Waals surface area (Å²) in [5, 5.41) is 17.2. The SMILES string of the molecule is Cn1ccc(-n2nc(C(F)(F)F)c(C3=CCC(O)CC3)c2N)n1. The van der Waals surface area contributed by atoms with Crippen LogP contribution in [0.5, 0.6) is 0 Å². The maximum absolute atomic E-state index is 13.4. The van der Waals surface area contributed by atoms with E-state index in [2.05, 4.69) is 10.2 Å². The van der Waals surface area contributed by atoms with Crippen molar-refractivity contribution in [1.82, 2.24) is 19.6 Å².